The highest BCUT2D eigenvalue weighted by Gasteiger charge is 2.20. The fourth-order valence-corrected chi connectivity index (χ4v) is 0.967. The SMILES string of the molecule is CC1(C)CC=C(NN)NC1. The Morgan fingerprint density at radius 2 is 2.40 bits per heavy atom. The minimum absolute atomic E-state index is 0.375. The molecular formula is C7H15N3. The highest BCUT2D eigenvalue weighted by atomic mass is 15.3. The Kier molecular flexibility index (Phi) is 1.85. The van der Waals surface area contributed by atoms with Crippen molar-refractivity contribution in [3.8, 4) is 0 Å². The standard InChI is InChI=1S/C7H15N3/c1-7(2)4-3-6(10-8)9-5-7/h3,9-10H,4-5,8H2,1-2H3. The summed E-state index contributed by atoms with van der Waals surface area (Å²) in [5.74, 6) is 6.15. The summed E-state index contributed by atoms with van der Waals surface area (Å²) in [6, 6.07) is 0. The maximum atomic E-state index is 5.21. The van der Waals surface area contributed by atoms with E-state index in [-0.39, 0.29) is 0 Å². The fraction of sp³-hybridized carbons (Fsp3) is 0.714. The molecule has 0 spiro atoms. The first kappa shape index (κ1) is 7.41. The number of hydrogen-bond donors (Lipinski definition) is 3. The van der Waals surface area contributed by atoms with Crippen LogP contribution in [-0.4, -0.2) is 6.54 Å². The lowest BCUT2D eigenvalue weighted by molar-refractivity contribution is 0.333. The second-order valence-electron chi connectivity index (χ2n) is 3.48. The number of nitrogens with two attached hydrogens (primary N) is 1. The summed E-state index contributed by atoms with van der Waals surface area (Å²) < 4.78 is 0. The number of hydrogen-bond acceptors (Lipinski definition) is 3. The van der Waals surface area contributed by atoms with Crippen LogP contribution >= 0.6 is 0 Å². The van der Waals surface area contributed by atoms with Crippen LogP contribution < -0.4 is 16.6 Å². The van der Waals surface area contributed by atoms with E-state index in [1.165, 1.54) is 0 Å². The van der Waals surface area contributed by atoms with E-state index in [2.05, 4.69) is 30.7 Å². The summed E-state index contributed by atoms with van der Waals surface area (Å²) in [6.45, 7) is 5.44. The molecule has 58 valence electrons. The maximum Gasteiger partial charge on any atom is 0.109 e. The van der Waals surface area contributed by atoms with Crippen LogP contribution in [0.3, 0.4) is 0 Å². The summed E-state index contributed by atoms with van der Waals surface area (Å²) in [5, 5.41) is 3.18. The van der Waals surface area contributed by atoms with Gasteiger partial charge in [0.1, 0.15) is 5.82 Å². The van der Waals surface area contributed by atoms with Gasteiger partial charge in [0.2, 0.25) is 0 Å². The highest BCUT2D eigenvalue weighted by molar-refractivity contribution is 5.03. The molecule has 4 N–H and O–H groups in total. The third-order valence-electron chi connectivity index (χ3n) is 1.77. The molecule has 1 aliphatic rings. The first-order valence-corrected chi connectivity index (χ1v) is 3.55. The predicted molar refractivity (Wildman–Crippen MR) is 41.8 cm³/mol. The first-order valence-electron chi connectivity index (χ1n) is 3.55. The van der Waals surface area contributed by atoms with Gasteiger partial charge >= 0.3 is 0 Å². The Morgan fingerprint density at radius 3 is 2.80 bits per heavy atom. The van der Waals surface area contributed by atoms with Crippen LogP contribution in [0, 0.1) is 5.41 Å². The molecule has 1 rings (SSSR count). The molecule has 3 heteroatoms. The zero-order valence-electron chi connectivity index (χ0n) is 6.57. The molecule has 0 atom stereocenters. The molecule has 3 nitrogen and oxygen atoms in total. The van der Waals surface area contributed by atoms with Crippen molar-refractivity contribution in [2.45, 2.75) is 20.3 Å². The lowest BCUT2D eigenvalue weighted by Gasteiger charge is -2.29. The minimum atomic E-state index is 0.375. The average molecular weight is 141 g/mol. The zero-order valence-corrected chi connectivity index (χ0v) is 6.57. The van der Waals surface area contributed by atoms with Crippen LogP contribution in [0.2, 0.25) is 0 Å². The van der Waals surface area contributed by atoms with E-state index in [0.717, 1.165) is 18.8 Å². The molecule has 0 saturated carbocycles. The van der Waals surface area contributed by atoms with E-state index >= 15 is 0 Å². The van der Waals surface area contributed by atoms with Gasteiger partial charge in [-0.25, -0.2) is 5.84 Å². The summed E-state index contributed by atoms with van der Waals surface area (Å²) in [6.07, 6.45) is 3.17. The van der Waals surface area contributed by atoms with E-state index in [0.29, 0.717) is 5.41 Å². The molecule has 0 fully saturated rings. The van der Waals surface area contributed by atoms with E-state index in [9.17, 15) is 0 Å². The Hall–Kier alpha value is -0.700. The summed E-state index contributed by atoms with van der Waals surface area (Å²) >= 11 is 0. The molecular weight excluding hydrogens is 126 g/mol. The second-order valence-corrected chi connectivity index (χ2v) is 3.48. The fourth-order valence-electron chi connectivity index (χ4n) is 0.967. The topological polar surface area (TPSA) is 50.1 Å². The molecule has 0 saturated heterocycles. The molecule has 0 aliphatic carbocycles. The highest BCUT2D eigenvalue weighted by Crippen LogP contribution is 2.22. The maximum absolute atomic E-state index is 5.21. The third-order valence-corrected chi connectivity index (χ3v) is 1.77. The van der Waals surface area contributed by atoms with Gasteiger partial charge in [-0.05, 0) is 17.9 Å². The molecule has 10 heavy (non-hydrogen) atoms. The van der Waals surface area contributed by atoms with Crippen LogP contribution in [0.5, 0.6) is 0 Å². The van der Waals surface area contributed by atoms with Crippen LogP contribution in [0.25, 0.3) is 0 Å². The molecule has 0 radical (unpaired) electrons. The van der Waals surface area contributed by atoms with Crippen molar-refractivity contribution in [2.24, 2.45) is 11.3 Å². The van der Waals surface area contributed by atoms with Crippen LogP contribution in [0.4, 0.5) is 0 Å². The van der Waals surface area contributed by atoms with Crippen molar-refractivity contribution >= 4 is 0 Å². The van der Waals surface area contributed by atoms with Gasteiger partial charge in [-0.2, -0.15) is 0 Å². The smallest absolute Gasteiger partial charge is 0.109 e. The third kappa shape index (κ3) is 1.64. The van der Waals surface area contributed by atoms with Crippen molar-refractivity contribution in [3.05, 3.63) is 11.9 Å². The largest absolute Gasteiger partial charge is 0.371 e. The van der Waals surface area contributed by atoms with Crippen LogP contribution in [0.15, 0.2) is 11.9 Å². The Labute approximate surface area is 61.6 Å². The zero-order chi connectivity index (χ0) is 7.61. The molecule has 1 aliphatic heterocycles. The molecule has 0 aromatic carbocycles. The monoisotopic (exact) mass is 141 g/mol. The minimum Gasteiger partial charge on any atom is -0.371 e. The summed E-state index contributed by atoms with van der Waals surface area (Å²) in [5.41, 5.74) is 2.97. The molecule has 0 bridgehead atoms. The molecule has 0 aromatic rings. The normalized spacial score (nSPS) is 22.9. The Balaban J connectivity index is 2.52. The number of rotatable bonds is 1. The van der Waals surface area contributed by atoms with E-state index in [1.54, 1.807) is 0 Å². The van der Waals surface area contributed by atoms with Gasteiger partial charge in [-0.15, -0.1) is 0 Å². The molecule has 0 unspecified atom stereocenters. The van der Waals surface area contributed by atoms with Crippen molar-refractivity contribution in [1.29, 1.82) is 0 Å². The van der Waals surface area contributed by atoms with Gasteiger partial charge in [0.25, 0.3) is 0 Å². The van der Waals surface area contributed by atoms with Gasteiger partial charge in [0.05, 0.1) is 0 Å². The van der Waals surface area contributed by atoms with E-state index < -0.39 is 0 Å². The second kappa shape index (κ2) is 2.50. The van der Waals surface area contributed by atoms with Crippen molar-refractivity contribution in [3.63, 3.8) is 0 Å². The lowest BCUT2D eigenvalue weighted by Crippen LogP contribution is -2.40. The molecule has 0 aromatic heterocycles. The van der Waals surface area contributed by atoms with Gasteiger partial charge < -0.3 is 10.7 Å². The number of nitrogens with one attached hydrogen (secondary N) is 2. The Bertz CT molecular complexity index is 149. The summed E-state index contributed by atoms with van der Waals surface area (Å²) in [4.78, 5) is 0. The number of hydrazine groups is 1. The van der Waals surface area contributed by atoms with Gasteiger partial charge in [-0.3, -0.25) is 0 Å². The van der Waals surface area contributed by atoms with E-state index in [4.69, 9.17) is 5.84 Å². The van der Waals surface area contributed by atoms with Crippen molar-refractivity contribution < 1.29 is 0 Å². The number of allylic oxidation sites excluding steroid dienone is 1. The van der Waals surface area contributed by atoms with Gasteiger partial charge in [0, 0.05) is 6.54 Å². The van der Waals surface area contributed by atoms with E-state index in [1.807, 2.05) is 0 Å². The van der Waals surface area contributed by atoms with Crippen LogP contribution in [-0.2, 0) is 0 Å². The predicted octanol–water partition coefficient (Wildman–Crippen LogP) is 0.311. The summed E-state index contributed by atoms with van der Waals surface area (Å²) in [7, 11) is 0. The average Bonchev–Trinajstić information content (AvgIpc) is 1.88. The molecule has 1 heterocycles. The molecule has 0 amide bonds. The van der Waals surface area contributed by atoms with Crippen molar-refractivity contribution in [1.82, 2.24) is 10.7 Å². The van der Waals surface area contributed by atoms with Crippen LogP contribution in [0.1, 0.15) is 20.3 Å². The Morgan fingerprint density at radius 1 is 1.70 bits per heavy atom. The lowest BCUT2D eigenvalue weighted by atomic mass is 9.87. The van der Waals surface area contributed by atoms with Gasteiger partial charge in [0.15, 0.2) is 0 Å². The van der Waals surface area contributed by atoms with Crippen molar-refractivity contribution in [2.75, 3.05) is 6.54 Å². The quantitative estimate of drug-likeness (QED) is 0.364. The first-order chi connectivity index (χ1) is 4.64. The van der Waals surface area contributed by atoms with Gasteiger partial charge in [-0.1, -0.05) is 13.8 Å².